The molecule has 1 aromatic heterocycles. The Morgan fingerprint density at radius 3 is 2.88 bits per heavy atom. The van der Waals surface area contributed by atoms with Crippen LogP contribution in [0.3, 0.4) is 0 Å². The molecule has 0 saturated heterocycles. The van der Waals surface area contributed by atoms with Crippen LogP contribution in [0.2, 0.25) is 0 Å². The summed E-state index contributed by atoms with van der Waals surface area (Å²) in [7, 11) is 0. The lowest BCUT2D eigenvalue weighted by Gasteiger charge is -2.09. The van der Waals surface area contributed by atoms with E-state index in [1.165, 1.54) is 12.8 Å². The van der Waals surface area contributed by atoms with Gasteiger partial charge in [0, 0.05) is 9.86 Å². The summed E-state index contributed by atoms with van der Waals surface area (Å²) in [6, 6.07) is 8.19. The summed E-state index contributed by atoms with van der Waals surface area (Å²) in [5.41, 5.74) is 5.82. The van der Waals surface area contributed by atoms with Crippen molar-refractivity contribution in [1.29, 1.82) is 0 Å². The first-order valence-corrected chi connectivity index (χ1v) is 6.61. The highest BCUT2D eigenvalue weighted by Crippen LogP contribution is 2.34. The molecule has 0 unspecified atom stereocenters. The van der Waals surface area contributed by atoms with E-state index in [1.807, 2.05) is 18.2 Å². The normalized spacial score (nSPS) is 15.2. The average Bonchev–Trinajstić information content (AvgIpc) is 3.12. The first-order chi connectivity index (χ1) is 8.26. The van der Waals surface area contributed by atoms with Crippen LogP contribution >= 0.6 is 15.9 Å². The number of hydrogen-bond donors (Lipinski definition) is 2. The maximum Gasteiger partial charge on any atom is 0.0718 e. The van der Waals surface area contributed by atoms with E-state index in [9.17, 15) is 0 Å². The zero-order valence-corrected chi connectivity index (χ0v) is 11.0. The molecule has 1 aliphatic rings. The number of aromatic nitrogens is 1. The molecule has 0 aliphatic heterocycles. The molecule has 3 N–H and O–H groups in total. The van der Waals surface area contributed by atoms with Crippen molar-refractivity contribution >= 4 is 32.5 Å². The van der Waals surface area contributed by atoms with E-state index in [0.717, 1.165) is 39.1 Å². The Hall–Kier alpha value is -1.13. The predicted molar refractivity (Wildman–Crippen MR) is 73.7 cm³/mol. The van der Waals surface area contributed by atoms with Crippen LogP contribution in [-0.2, 0) is 6.42 Å². The van der Waals surface area contributed by atoms with Crippen molar-refractivity contribution in [3.05, 3.63) is 34.4 Å². The molecule has 1 saturated carbocycles. The number of halogens is 1. The highest BCUT2D eigenvalue weighted by molar-refractivity contribution is 9.10. The van der Waals surface area contributed by atoms with Crippen molar-refractivity contribution in [2.45, 2.75) is 19.3 Å². The van der Waals surface area contributed by atoms with Crippen LogP contribution in [0.1, 0.15) is 18.5 Å². The number of nitrogen functional groups attached to an aromatic ring is 1. The molecule has 88 valence electrons. The van der Waals surface area contributed by atoms with Gasteiger partial charge in [-0.3, -0.25) is 10.8 Å². The molecular weight excluding hydrogens is 278 g/mol. The molecule has 0 radical (unpaired) electrons. The molecule has 1 heterocycles. The van der Waals surface area contributed by atoms with Crippen LogP contribution < -0.4 is 11.3 Å². The van der Waals surface area contributed by atoms with Crippen molar-refractivity contribution in [2.75, 3.05) is 5.43 Å². The molecule has 3 nitrogen and oxygen atoms in total. The van der Waals surface area contributed by atoms with E-state index in [2.05, 4.69) is 27.4 Å². The number of nitrogens with one attached hydrogen (secondary N) is 1. The second-order valence-corrected chi connectivity index (χ2v) is 5.53. The summed E-state index contributed by atoms with van der Waals surface area (Å²) < 4.78 is 1.06. The summed E-state index contributed by atoms with van der Waals surface area (Å²) >= 11 is 3.48. The number of benzene rings is 1. The monoisotopic (exact) mass is 291 g/mol. The molecule has 0 atom stereocenters. The summed E-state index contributed by atoms with van der Waals surface area (Å²) in [6.07, 6.45) is 3.67. The van der Waals surface area contributed by atoms with Crippen molar-refractivity contribution in [3.8, 4) is 0 Å². The van der Waals surface area contributed by atoms with E-state index < -0.39 is 0 Å². The second kappa shape index (κ2) is 4.27. The van der Waals surface area contributed by atoms with Gasteiger partial charge in [0.25, 0.3) is 0 Å². The van der Waals surface area contributed by atoms with Crippen LogP contribution in [0.25, 0.3) is 10.9 Å². The number of hydrazine groups is 1. The van der Waals surface area contributed by atoms with Crippen LogP contribution in [0.5, 0.6) is 0 Å². The first-order valence-electron chi connectivity index (χ1n) is 5.82. The molecule has 0 spiro atoms. The van der Waals surface area contributed by atoms with Gasteiger partial charge >= 0.3 is 0 Å². The van der Waals surface area contributed by atoms with Gasteiger partial charge in [0.1, 0.15) is 0 Å². The Labute approximate surface area is 109 Å². The van der Waals surface area contributed by atoms with Gasteiger partial charge in [0.2, 0.25) is 0 Å². The number of nitrogens with two attached hydrogens (primary N) is 1. The predicted octanol–water partition coefficient (Wildman–Crippen LogP) is 3.24. The van der Waals surface area contributed by atoms with Crippen LogP contribution in [0, 0.1) is 5.92 Å². The fourth-order valence-electron chi connectivity index (χ4n) is 2.06. The van der Waals surface area contributed by atoms with E-state index in [4.69, 9.17) is 10.8 Å². The SMILES string of the molecule is NNc1cc2ccc(Br)cc2nc1CC1CC1. The third-order valence-corrected chi connectivity index (χ3v) is 3.69. The standard InChI is InChI=1S/C13H14BrN3/c14-10-4-3-9-6-13(17-15)12(5-8-1-2-8)16-11(9)7-10/h3-4,6-8,17H,1-2,5,15H2. The largest absolute Gasteiger partial charge is 0.322 e. The average molecular weight is 292 g/mol. The van der Waals surface area contributed by atoms with Crippen molar-refractivity contribution < 1.29 is 0 Å². The maximum absolute atomic E-state index is 5.57. The number of pyridine rings is 1. The minimum absolute atomic E-state index is 0.805. The zero-order valence-electron chi connectivity index (χ0n) is 9.41. The fourth-order valence-corrected chi connectivity index (χ4v) is 2.41. The molecule has 4 heteroatoms. The van der Waals surface area contributed by atoms with Crippen LogP contribution in [0.15, 0.2) is 28.7 Å². The highest BCUT2D eigenvalue weighted by Gasteiger charge is 2.23. The number of rotatable bonds is 3. The van der Waals surface area contributed by atoms with Gasteiger partial charge < -0.3 is 5.43 Å². The smallest absolute Gasteiger partial charge is 0.0718 e. The van der Waals surface area contributed by atoms with Gasteiger partial charge in [0.05, 0.1) is 16.9 Å². The molecule has 1 aliphatic carbocycles. The third kappa shape index (κ3) is 2.28. The van der Waals surface area contributed by atoms with E-state index in [1.54, 1.807) is 0 Å². The quantitative estimate of drug-likeness (QED) is 0.674. The summed E-state index contributed by atoms with van der Waals surface area (Å²) in [5.74, 6) is 6.37. The molecule has 17 heavy (non-hydrogen) atoms. The number of fused-ring (bicyclic) bond motifs is 1. The fraction of sp³-hybridized carbons (Fsp3) is 0.308. The maximum atomic E-state index is 5.57. The summed E-state index contributed by atoms with van der Waals surface area (Å²) in [5, 5.41) is 1.11. The topological polar surface area (TPSA) is 50.9 Å². The van der Waals surface area contributed by atoms with Crippen LogP contribution in [0.4, 0.5) is 5.69 Å². The van der Waals surface area contributed by atoms with Crippen molar-refractivity contribution in [2.24, 2.45) is 11.8 Å². The second-order valence-electron chi connectivity index (χ2n) is 4.61. The Kier molecular flexibility index (Phi) is 2.76. The molecular formula is C13H14BrN3. The van der Waals surface area contributed by atoms with Crippen LogP contribution in [-0.4, -0.2) is 4.98 Å². The lowest BCUT2D eigenvalue weighted by Crippen LogP contribution is -2.11. The van der Waals surface area contributed by atoms with Gasteiger partial charge in [-0.25, -0.2) is 0 Å². The van der Waals surface area contributed by atoms with Gasteiger partial charge in [-0.2, -0.15) is 0 Å². The Bertz CT molecular complexity index is 564. The van der Waals surface area contributed by atoms with Crippen molar-refractivity contribution in [3.63, 3.8) is 0 Å². The molecule has 3 rings (SSSR count). The lowest BCUT2D eigenvalue weighted by atomic mass is 10.1. The Morgan fingerprint density at radius 1 is 1.35 bits per heavy atom. The van der Waals surface area contributed by atoms with Gasteiger partial charge in [0.15, 0.2) is 0 Å². The molecule has 1 aromatic carbocycles. The van der Waals surface area contributed by atoms with E-state index >= 15 is 0 Å². The number of hydrogen-bond acceptors (Lipinski definition) is 3. The van der Waals surface area contributed by atoms with Gasteiger partial charge in [-0.15, -0.1) is 0 Å². The Morgan fingerprint density at radius 2 is 2.18 bits per heavy atom. The molecule has 0 amide bonds. The number of anilines is 1. The third-order valence-electron chi connectivity index (χ3n) is 3.19. The van der Waals surface area contributed by atoms with Crippen molar-refractivity contribution in [1.82, 2.24) is 4.98 Å². The first kappa shape index (κ1) is 11.0. The lowest BCUT2D eigenvalue weighted by molar-refractivity contribution is 0.810. The minimum Gasteiger partial charge on any atom is -0.322 e. The van der Waals surface area contributed by atoms with E-state index in [0.29, 0.717) is 0 Å². The minimum atomic E-state index is 0.805. The highest BCUT2D eigenvalue weighted by atomic mass is 79.9. The molecule has 2 aromatic rings. The molecule has 0 bridgehead atoms. The number of nitrogens with zero attached hydrogens (tertiary/aromatic N) is 1. The Balaban J connectivity index is 2.10. The summed E-state index contributed by atoms with van der Waals surface area (Å²) in [6.45, 7) is 0. The summed E-state index contributed by atoms with van der Waals surface area (Å²) in [4.78, 5) is 4.71. The van der Waals surface area contributed by atoms with Gasteiger partial charge in [-0.1, -0.05) is 22.0 Å². The van der Waals surface area contributed by atoms with Gasteiger partial charge in [-0.05, 0) is 43.4 Å². The van der Waals surface area contributed by atoms with E-state index in [-0.39, 0.29) is 0 Å². The molecule has 1 fully saturated rings. The zero-order chi connectivity index (χ0) is 11.8.